The SMILES string of the molecule is Cc1ccc(C(=O)Nc2cc(C(=O)O)nn2Cc2ccc(C(F)(F)F)cc2)cc1. The fourth-order valence-electron chi connectivity index (χ4n) is 2.61. The molecule has 0 aliphatic carbocycles. The first kappa shape index (κ1) is 20.1. The van der Waals surface area contributed by atoms with E-state index in [1.54, 1.807) is 24.3 Å². The summed E-state index contributed by atoms with van der Waals surface area (Å²) in [5.74, 6) is -1.63. The second-order valence-corrected chi connectivity index (χ2v) is 6.39. The van der Waals surface area contributed by atoms with E-state index in [4.69, 9.17) is 0 Å². The highest BCUT2D eigenvalue weighted by molar-refractivity contribution is 6.04. The average Bonchev–Trinajstić information content (AvgIpc) is 3.04. The van der Waals surface area contributed by atoms with Gasteiger partial charge in [0.15, 0.2) is 5.69 Å². The van der Waals surface area contributed by atoms with Crippen LogP contribution in [0.15, 0.2) is 54.6 Å². The summed E-state index contributed by atoms with van der Waals surface area (Å²) in [7, 11) is 0. The van der Waals surface area contributed by atoms with Crippen LogP contribution in [0.25, 0.3) is 0 Å². The third-order valence-corrected chi connectivity index (χ3v) is 4.17. The number of hydrogen-bond donors (Lipinski definition) is 2. The summed E-state index contributed by atoms with van der Waals surface area (Å²) in [5.41, 5.74) is 0.720. The molecule has 29 heavy (non-hydrogen) atoms. The number of aromatic nitrogens is 2. The van der Waals surface area contributed by atoms with Crippen molar-refractivity contribution in [3.05, 3.63) is 82.5 Å². The Hall–Kier alpha value is -3.62. The van der Waals surface area contributed by atoms with Gasteiger partial charge in [0.2, 0.25) is 0 Å². The van der Waals surface area contributed by atoms with Crippen molar-refractivity contribution < 1.29 is 27.9 Å². The predicted molar refractivity (Wildman–Crippen MR) is 98.9 cm³/mol. The van der Waals surface area contributed by atoms with Crippen LogP contribution in [0.5, 0.6) is 0 Å². The molecule has 0 bridgehead atoms. The monoisotopic (exact) mass is 403 g/mol. The molecule has 9 heteroatoms. The molecular weight excluding hydrogens is 387 g/mol. The van der Waals surface area contributed by atoms with Crippen LogP contribution in [-0.4, -0.2) is 26.8 Å². The third kappa shape index (κ3) is 4.81. The minimum atomic E-state index is -4.45. The molecule has 0 saturated heterocycles. The van der Waals surface area contributed by atoms with E-state index in [1.807, 2.05) is 6.92 Å². The lowest BCUT2D eigenvalue weighted by Crippen LogP contribution is -2.16. The first-order valence-electron chi connectivity index (χ1n) is 8.49. The number of benzene rings is 2. The van der Waals surface area contributed by atoms with E-state index in [9.17, 15) is 27.9 Å². The highest BCUT2D eigenvalue weighted by atomic mass is 19.4. The first-order valence-corrected chi connectivity index (χ1v) is 8.49. The fraction of sp³-hybridized carbons (Fsp3) is 0.150. The van der Waals surface area contributed by atoms with Crippen LogP contribution < -0.4 is 5.32 Å². The van der Waals surface area contributed by atoms with E-state index < -0.39 is 23.6 Å². The Labute approximate surface area is 163 Å². The zero-order valence-electron chi connectivity index (χ0n) is 15.2. The minimum Gasteiger partial charge on any atom is -0.476 e. The van der Waals surface area contributed by atoms with E-state index in [0.29, 0.717) is 11.1 Å². The number of aryl methyl sites for hydroxylation is 1. The second-order valence-electron chi connectivity index (χ2n) is 6.39. The number of carboxylic acids is 1. The van der Waals surface area contributed by atoms with Gasteiger partial charge in [-0.1, -0.05) is 29.8 Å². The van der Waals surface area contributed by atoms with Crippen LogP contribution in [0.3, 0.4) is 0 Å². The van der Waals surface area contributed by atoms with E-state index in [-0.39, 0.29) is 18.1 Å². The van der Waals surface area contributed by atoms with Gasteiger partial charge in [0.25, 0.3) is 5.91 Å². The Morgan fingerprint density at radius 1 is 1.07 bits per heavy atom. The van der Waals surface area contributed by atoms with Crippen LogP contribution in [0, 0.1) is 6.92 Å². The number of alkyl halides is 3. The van der Waals surface area contributed by atoms with Crippen molar-refractivity contribution >= 4 is 17.7 Å². The number of amides is 1. The number of nitrogens with one attached hydrogen (secondary N) is 1. The number of carbonyl (C=O) groups excluding carboxylic acids is 1. The molecule has 6 nitrogen and oxygen atoms in total. The minimum absolute atomic E-state index is 0.0189. The van der Waals surface area contributed by atoms with Gasteiger partial charge in [0.05, 0.1) is 12.1 Å². The van der Waals surface area contributed by atoms with Gasteiger partial charge in [-0.3, -0.25) is 4.79 Å². The molecule has 1 aromatic heterocycles. The third-order valence-electron chi connectivity index (χ3n) is 4.17. The van der Waals surface area contributed by atoms with Gasteiger partial charge < -0.3 is 10.4 Å². The zero-order chi connectivity index (χ0) is 21.2. The average molecular weight is 403 g/mol. The quantitative estimate of drug-likeness (QED) is 0.669. The van der Waals surface area contributed by atoms with Crippen molar-refractivity contribution in [1.82, 2.24) is 9.78 Å². The highest BCUT2D eigenvalue weighted by Gasteiger charge is 2.30. The summed E-state index contributed by atoms with van der Waals surface area (Å²) in [6.07, 6.45) is -4.45. The summed E-state index contributed by atoms with van der Waals surface area (Å²) in [4.78, 5) is 23.7. The van der Waals surface area contributed by atoms with Crippen molar-refractivity contribution in [2.75, 3.05) is 5.32 Å². The van der Waals surface area contributed by atoms with Crippen molar-refractivity contribution in [2.24, 2.45) is 0 Å². The molecule has 2 aromatic carbocycles. The number of carboxylic acid groups (broad SMARTS) is 1. The molecule has 0 aliphatic rings. The number of carbonyl (C=O) groups is 2. The fourth-order valence-corrected chi connectivity index (χ4v) is 2.61. The molecule has 2 N–H and O–H groups in total. The summed E-state index contributed by atoms with van der Waals surface area (Å²) in [6.45, 7) is 1.86. The second kappa shape index (κ2) is 7.78. The molecule has 0 spiro atoms. The summed E-state index contributed by atoms with van der Waals surface area (Å²) in [6, 6.07) is 12.4. The van der Waals surface area contributed by atoms with Crippen LogP contribution in [-0.2, 0) is 12.7 Å². The van der Waals surface area contributed by atoms with Gasteiger partial charge in [-0.2, -0.15) is 18.3 Å². The summed E-state index contributed by atoms with van der Waals surface area (Å²) >= 11 is 0. The number of anilines is 1. The van der Waals surface area contributed by atoms with E-state index in [2.05, 4.69) is 10.4 Å². The Bertz CT molecular complexity index is 1040. The predicted octanol–water partition coefficient (Wildman–Crippen LogP) is 4.21. The molecule has 0 unspecified atom stereocenters. The van der Waals surface area contributed by atoms with E-state index in [1.165, 1.54) is 22.9 Å². The summed E-state index contributed by atoms with van der Waals surface area (Å²) < 4.78 is 39.3. The lowest BCUT2D eigenvalue weighted by atomic mass is 10.1. The van der Waals surface area contributed by atoms with Gasteiger partial charge in [-0.05, 0) is 36.8 Å². The Morgan fingerprint density at radius 3 is 2.24 bits per heavy atom. The molecule has 0 aliphatic heterocycles. The largest absolute Gasteiger partial charge is 0.476 e. The molecular formula is C20H16F3N3O3. The Kier molecular flexibility index (Phi) is 5.40. The maximum atomic E-state index is 12.7. The first-order chi connectivity index (χ1) is 13.6. The molecule has 1 amide bonds. The lowest BCUT2D eigenvalue weighted by molar-refractivity contribution is -0.137. The van der Waals surface area contributed by atoms with E-state index in [0.717, 1.165) is 17.7 Å². The smallest absolute Gasteiger partial charge is 0.416 e. The normalized spacial score (nSPS) is 11.3. The Morgan fingerprint density at radius 2 is 1.69 bits per heavy atom. The molecule has 0 radical (unpaired) electrons. The standard InChI is InChI=1S/C20H16F3N3O3/c1-12-2-6-14(7-3-12)18(27)24-17-10-16(19(28)29)25-26(17)11-13-4-8-15(9-5-13)20(21,22)23/h2-10H,11H2,1H3,(H,24,27)(H,28,29). The number of aromatic carboxylic acids is 1. The van der Waals surface area contributed by atoms with Gasteiger partial charge in [-0.25, -0.2) is 9.48 Å². The van der Waals surface area contributed by atoms with Gasteiger partial charge >= 0.3 is 12.1 Å². The topological polar surface area (TPSA) is 84.2 Å². The van der Waals surface area contributed by atoms with Crippen LogP contribution >= 0.6 is 0 Å². The number of hydrogen-bond acceptors (Lipinski definition) is 3. The Balaban J connectivity index is 1.85. The lowest BCUT2D eigenvalue weighted by Gasteiger charge is -2.11. The maximum Gasteiger partial charge on any atom is 0.416 e. The van der Waals surface area contributed by atoms with Crippen LogP contribution in [0.1, 0.15) is 37.5 Å². The number of rotatable bonds is 5. The van der Waals surface area contributed by atoms with E-state index >= 15 is 0 Å². The molecule has 3 rings (SSSR count). The molecule has 1 heterocycles. The van der Waals surface area contributed by atoms with Crippen molar-refractivity contribution in [2.45, 2.75) is 19.6 Å². The van der Waals surface area contributed by atoms with Gasteiger partial charge in [-0.15, -0.1) is 0 Å². The molecule has 0 saturated carbocycles. The molecule has 3 aromatic rings. The summed E-state index contributed by atoms with van der Waals surface area (Å²) in [5, 5.41) is 15.7. The van der Waals surface area contributed by atoms with Gasteiger partial charge in [0, 0.05) is 11.6 Å². The number of halogens is 3. The van der Waals surface area contributed by atoms with Crippen LogP contribution in [0.4, 0.5) is 19.0 Å². The zero-order valence-corrected chi connectivity index (χ0v) is 15.2. The highest BCUT2D eigenvalue weighted by Crippen LogP contribution is 2.29. The van der Waals surface area contributed by atoms with Crippen molar-refractivity contribution in [1.29, 1.82) is 0 Å². The molecule has 150 valence electrons. The molecule has 0 fully saturated rings. The van der Waals surface area contributed by atoms with Crippen molar-refractivity contribution in [3.8, 4) is 0 Å². The van der Waals surface area contributed by atoms with Crippen LogP contribution in [0.2, 0.25) is 0 Å². The molecule has 0 atom stereocenters. The maximum absolute atomic E-state index is 12.7. The van der Waals surface area contributed by atoms with Gasteiger partial charge in [0.1, 0.15) is 5.82 Å². The number of nitrogens with zero attached hydrogens (tertiary/aromatic N) is 2. The van der Waals surface area contributed by atoms with Crippen molar-refractivity contribution in [3.63, 3.8) is 0 Å².